The van der Waals surface area contributed by atoms with E-state index in [1.807, 2.05) is 17.0 Å². The Bertz CT molecular complexity index is 560. The predicted molar refractivity (Wildman–Crippen MR) is 90.3 cm³/mol. The van der Waals surface area contributed by atoms with Crippen molar-refractivity contribution in [1.29, 1.82) is 0 Å². The van der Waals surface area contributed by atoms with Gasteiger partial charge in [0.2, 0.25) is 5.91 Å². The lowest BCUT2D eigenvalue weighted by molar-refractivity contribution is -0.131. The van der Waals surface area contributed by atoms with Crippen molar-refractivity contribution < 1.29 is 14.3 Å². The molecule has 6 heteroatoms. The smallest absolute Gasteiger partial charge is 0.314 e. The van der Waals surface area contributed by atoms with Crippen LogP contribution in [-0.2, 0) is 22.6 Å². The van der Waals surface area contributed by atoms with Gasteiger partial charge in [0.1, 0.15) is 0 Å². The van der Waals surface area contributed by atoms with Crippen molar-refractivity contribution in [3.05, 3.63) is 35.4 Å². The van der Waals surface area contributed by atoms with Gasteiger partial charge in [-0.1, -0.05) is 24.3 Å². The van der Waals surface area contributed by atoms with Gasteiger partial charge < -0.3 is 20.3 Å². The van der Waals surface area contributed by atoms with Crippen molar-refractivity contribution in [3.63, 3.8) is 0 Å². The number of nitrogens with one attached hydrogen (secondary N) is 2. The molecule has 24 heavy (non-hydrogen) atoms. The lowest BCUT2D eigenvalue weighted by Gasteiger charge is -2.15. The molecular formula is C18H25N3O3. The highest BCUT2D eigenvalue weighted by molar-refractivity contribution is 5.77. The highest BCUT2D eigenvalue weighted by atomic mass is 16.5. The monoisotopic (exact) mass is 331 g/mol. The van der Waals surface area contributed by atoms with E-state index in [9.17, 15) is 9.59 Å². The van der Waals surface area contributed by atoms with Crippen molar-refractivity contribution in [2.45, 2.75) is 32.4 Å². The number of carbonyl (C=O) groups excluding carboxylic acids is 2. The van der Waals surface area contributed by atoms with E-state index in [2.05, 4.69) is 22.8 Å². The molecule has 0 radical (unpaired) electrons. The Morgan fingerprint density at radius 1 is 1.17 bits per heavy atom. The van der Waals surface area contributed by atoms with E-state index in [1.165, 1.54) is 11.1 Å². The van der Waals surface area contributed by atoms with Gasteiger partial charge in [0.05, 0.1) is 6.61 Å². The van der Waals surface area contributed by atoms with Gasteiger partial charge in [0, 0.05) is 45.1 Å². The fraction of sp³-hybridized carbons (Fsp3) is 0.556. The Morgan fingerprint density at radius 2 is 1.92 bits per heavy atom. The van der Waals surface area contributed by atoms with Crippen LogP contribution in [0.25, 0.3) is 0 Å². The Labute approximate surface area is 142 Å². The van der Waals surface area contributed by atoms with Crippen LogP contribution in [0.5, 0.6) is 0 Å². The molecular weight excluding hydrogens is 306 g/mol. The molecule has 0 unspecified atom stereocenters. The van der Waals surface area contributed by atoms with Gasteiger partial charge in [0.25, 0.3) is 0 Å². The third kappa shape index (κ3) is 4.47. The van der Waals surface area contributed by atoms with Crippen LogP contribution in [0, 0.1) is 5.92 Å². The molecule has 6 nitrogen and oxygen atoms in total. The fourth-order valence-corrected chi connectivity index (χ4v) is 3.15. The maximum absolute atomic E-state index is 12.2. The first-order valence-corrected chi connectivity index (χ1v) is 8.66. The summed E-state index contributed by atoms with van der Waals surface area (Å²) < 4.78 is 5.27. The molecule has 2 aliphatic heterocycles. The van der Waals surface area contributed by atoms with Crippen LogP contribution in [0.2, 0.25) is 0 Å². The summed E-state index contributed by atoms with van der Waals surface area (Å²) in [5, 5.41) is 5.66. The van der Waals surface area contributed by atoms with Crippen LogP contribution in [0.1, 0.15) is 30.4 Å². The van der Waals surface area contributed by atoms with Crippen LogP contribution in [-0.4, -0.2) is 43.1 Å². The second kappa shape index (κ2) is 8.15. The van der Waals surface area contributed by atoms with E-state index in [1.54, 1.807) is 0 Å². The minimum atomic E-state index is -0.164. The molecule has 1 aromatic rings. The molecule has 0 bridgehead atoms. The number of urea groups is 1. The van der Waals surface area contributed by atoms with E-state index in [4.69, 9.17) is 4.74 Å². The Balaban J connectivity index is 1.28. The first-order chi connectivity index (χ1) is 11.7. The normalized spacial score (nSPS) is 19.2. The largest absolute Gasteiger partial charge is 0.381 e. The fourth-order valence-electron chi connectivity index (χ4n) is 3.15. The summed E-state index contributed by atoms with van der Waals surface area (Å²) in [6.07, 6.45) is 2.13. The van der Waals surface area contributed by atoms with Crippen LogP contribution in [0.3, 0.4) is 0 Å². The number of ether oxygens (including phenoxy) is 1. The minimum Gasteiger partial charge on any atom is -0.381 e. The molecule has 2 heterocycles. The van der Waals surface area contributed by atoms with Gasteiger partial charge in [-0.2, -0.15) is 0 Å². The number of benzene rings is 1. The molecule has 0 aliphatic carbocycles. The number of hydrogen-bond acceptors (Lipinski definition) is 3. The van der Waals surface area contributed by atoms with Gasteiger partial charge in [-0.25, -0.2) is 4.79 Å². The molecule has 0 spiro atoms. The summed E-state index contributed by atoms with van der Waals surface area (Å²) in [5.41, 5.74) is 2.47. The quantitative estimate of drug-likeness (QED) is 0.779. The van der Waals surface area contributed by atoms with Crippen molar-refractivity contribution in [1.82, 2.24) is 15.5 Å². The third-order valence-corrected chi connectivity index (χ3v) is 4.62. The van der Waals surface area contributed by atoms with E-state index < -0.39 is 0 Å². The molecule has 0 aromatic heterocycles. The van der Waals surface area contributed by atoms with E-state index in [0.29, 0.717) is 44.9 Å². The minimum absolute atomic E-state index is 0.150. The second-order valence-electron chi connectivity index (χ2n) is 6.49. The first kappa shape index (κ1) is 16.8. The molecule has 1 saturated heterocycles. The lowest BCUT2D eigenvalue weighted by atomic mass is 10.1. The van der Waals surface area contributed by atoms with Gasteiger partial charge >= 0.3 is 6.03 Å². The van der Waals surface area contributed by atoms with Gasteiger partial charge in [-0.15, -0.1) is 0 Å². The summed E-state index contributed by atoms with van der Waals surface area (Å²) in [4.78, 5) is 25.8. The lowest BCUT2D eigenvalue weighted by Crippen LogP contribution is -2.39. The first-order valence-electron chi connectivity index (χ1n) is 8.66. The van der Waals surface area contributed by atoms with Crippen LogP contribution < -0.4 is 10.6 Å². The van der Waals surface area contributed by atoms with Crippen molar-refractivity contribution in [2.24, 2.45) is 5.92 Å². The van der Waals surface area contributed by atoms with E-state index in [-0.39, 0.29) is 11.9 Å². The van der Waals surface area contributed by atoms with Crippen LogP contribution in [0.4, 0.5) is 4.79 Å². The summed E-state index contributed by atoms with van der Waals surface area (Å²) >= 11 is 0. The Kier molecular flexibility index (Phi) is 5.69. The Hall–Kier alpha value is -2.08. The van der Waals surface area contributed by atoms with Crippen LogP contribution >= 0.6 is 0 Å². The molecule has 0 saturated carbocycles. The highest BCUT2D eigenvalue weighted by Gasteiger charge is 2.22. The van der Waals surface area contributed by atoms with E-state index in [0.717, 1.165) is 19.6 Å². The van der Waals surface area contributed by atoms with Gasteiger partial charge in [0.15, 0.2) is 0 Å². The zero-order chi connectivity index (χ0) is 16.8. The SMILES string of the molecule is O=C(NCCCC(=O)N1Cc2ccccc2C1)NC[C@@H]1CCOC1. The number of rotatable bonds is 6. The number of amides is 3. The molecule has 3 amide bonds. The number of fused-ring (bicyclic) bond motifs is 1. The summed E-state index contributed by atoms with van der Waals surface area (Å²) in [6.45, 7) is 4.08. The zero-order valence-electron chi connectivity index (χ0n) is 13.9. The van der Waals surface area contributed by atoms with Gasteiger partial charge in [-0.3, -0.25) is 4.79 Å². The molecule has 2 aliphatic rings. The molecule has 1 atom stereocenters. The molecule has 3 rings (SSSR count). The average Bonchev–Trinajstić information content (AvgIpc) is 3.25. The standard InChI is InChI=1S/C18H25N3O3/c22-17(21-11-15-4-1-2-5-16(15)12-21)6-3-8-19-18(23)20-10-14-7-9-24-13-14/h1-2,4-5,14H,3,6-13H2,(H2,19,20,23)/t14-/m0/s1. The second-order valence-corrected chi connectivity index (χ2v) is 6.49. The number of nitrogens with zero attached hydrogens (tertiary/aromatic N) is 1. The molecule has 130 valence electrons. The number of carbonyl (C=O) groups is 2. The van der Waals surface area contributed by atoms with Crippen molar-refractivity contribution in [2.75, 3.05) is 26.3 Å². The zero-order valence-corrected chi connectivity index (χ0v) is 13.9. The highest BCUT2D eigenvalue weighted by Crippen LogP contribution is 2.22. The van der Waals surface area contributed by atoms with E-state index >= 15 is 0 Å². The molecule has 2 N–H and O–H groups in total. The molecule has 1 aromatic carbocycles. The summed E-state index contributed by atoms with van der Waals surface area (Å²) in [7, 11) is 0. The van der Waals surface area contributed by atoms with Crippen LogP contribution in [0.15, 0.2) is 24.3 Å². The Morgan fingerprint density at radius 3 is 2.58 bits per heavy atom. The predicted octanol–water partition coefficient (Wildman–Crippen LogP) is 1.64. The maximum atomic E-state index is 12.2. The maximum Gasteiger partial charge on any atom is 0.314 e. The topological polar surface area (TPSA) is 70.7 Å². The third-order valence-electron chi connectivity index (χ3n) is 4.62. The molecule has 1 fully saturated rings. The summed E-state index contributed by atoms with van der Waals surface area (Å²) in [5.74, 6) is 0.575. The van der Waals surface area contributed by atoms with Gasteiger partial charge in [-0.05, 0) is 24.0 Å². The average molecular weight is 331 g/mol. The van der Waals surface area contributed by atoms with Crippen molar-refractivity contribution >= 4 is 11.9 Å². The summed E-state index contributed by atoms with van der Waals surface area (Å²) in [6, 6.07) is 8.00. The van der Waals surface area contributed by atoms with Crippen molar-refractivity contribution in [3.8, 4) is 0 Å². The number of hydrogen-bond donors (Lipinski definition) is 2.